The van der Waals surface area contributed by atoms with Crippen LogP contribution >= 0.6 is 21.6 Å². The number of aliphatic hydroxyl groups excluding tert-OH is 4. The van der Waals surface area contributed by atoms with Gasteiger partial charge in [-0.15, -0.1) is 0 Å². The van der Waals surface area contributed by atoms with Crippen LogP contribution in [0.3, 0.4) is 0 Å². The number of anilines is 2. The Morgan fingerprint density at radius 1 is 0.623 bits per heavy atom. The lowest BCUT2D eigenvalue weighted by Crippen LogP contribution is -2.34. The van der Waals surface area contributed by atoms with Crippen LogP contribution < -0.4 is 30.3 Å². The summed E-state index contributed by atoms with van der Waals surface area (Å²) in [6.45, 7) is 8.47. The molecular weight excluding hydrogens is 809 g/mol. The van der Waals surface area contributed by atoms with Gasteiger partial charge >= 0.3 is 0 Å². The number of nitrogens with one attached hydrogen (secondary N) is 3. The van der Waals surface area contributed by atoms with Gasteiger partial charge in [0.25, 0.3) is 0 Å². The maximum atomic E-state index is 12.3. The van der Waals surface area contributed by atoms with E-state index < -0.39 is 0 Å². The van der Waals surface area contributed by atoms with Crippen LogP contribution in [0.5, 0.6) is 0 Å². The Kier molecular flexibility index (Phi) is 26.5. The first-order chi connectivity index (χ1) is 29.9. The lowest BCUT2D eigenvalue weighted by molar-refractivity contribution is -0.697. The van der Waals surface area contributed by atoms with Gasteiger partial charge in [0.05, 0.1) is 26.4 Å². The van der Waals surface area contributed by atoms with Crippen molar-refractivity contribution in [3.8, 4) is 0 Å². The summed E-state index contributed by atoms with van der Waals surface area (Å²) in [6, 6.07) is 20.1. The molecule has 0 spiro atoms. The second-order valence-corrected chi connectivity index (χ2v) is 16.5. The fourth-order valence-corrected chi connectivity index (χ4v) is 7.82. The minimum absolute atomic E-state index is 0.0253. The van der Waals surface area contributed by atoms with Gasteiger partial charge in [0.2, 0.25) is 11.8 Å². The highest BCUT2D eigenvalue weighted by molar-refractivity contribution is 8.76. The number of aryl methyl sites for hydroxylation is 1. The minimum Gasteiger partial charge on any atom is -0.395 e. The summed E-state index contributed by atoms with van der Waals surface area (Å²) in [5, 5.41) is 46.3. The van der Waals surface area contributed by atoms with E-state index in [1.54, 1.807) is 27.7 Å². The van der Waals surface area contributed by atoms with Crippen LogP contribution in [0.15, 0.2) is 116 Å². The topological polar surface area (TPSA) is 162 Å². The molecule has 1 heterocycles. The number of carbonyl (C=O) groups is 2. The van der Waals surface area contributed by atoms with E-state index in [-0.39, 0.29) is 38.2 Å². The van der Waals surface area contributed by atoms with E-state index in [9.17, 15) is 30.0 Å². The lowest BCUT2D eigenvalue weighted by Gasteiger charge is -2.22. The standard InChI is InChI=1S/C47H64N6O6S2/c1-2-5-40(8-9-41-12-16-44(17-13-41)52(30-34-54)31-35-55)20-24-48-23-3-6-46(58)49-25-38-60-61-39-26-50-47(59)7-4-27-51-28-21-43(22-29-51)11-10-42-14-18-45(19-15-42)53(32-36-56)33-37-57/h2,5,8-22,24,28-29,48,54-57H,1,3-4,6-7,23,25-27,30-39H2,(H-,49,50,58,59)/p+1/b9-8+,24-20-,40-5-. The summed E-state index contributed by atoms with van der Waals surface area (Å²) in [4.78, 5) is 28.5. The van der Waals surface area contributed by atoms with Crippen LogP contribution in [0.4, 0.5) is 11.4 Å². The van der Waals surface area contributed by atoms with Crippen molar-refractivity contribution >= 4 is 63.0 Å². The lowest BCUT2D eigenvalue weighted by atomic mass is 10.1. The van der Waals surface area contributed by atoms with Crippen LogP contribution in [-0.4, -0.2) is 116 Å². The van der Waals surface area contributed by atoms with E-state index in [0.717, 1.165) is 58.1 Å². The van der Waals surface area contributed by atoms with Gasteiger partial charge < -0.3 is 46.2 Å². The van der Waals surface area contributed by atoms with Gasteiger partial charge in [0, 0.05) is 100 Å². The second-order valence-electron chi connectivity index (χ2n) is 13.8. The molecule has 2 aromatic carbocycles. The number of pyridine rings is 1. The molecule has 1 aromatic heterocycles. The number of hydrogen-bond acceptors (Lipinski definition) is 11. The zero-order valence-corrected chi connectivity index (χ0v) is 36.9. The number of aliphatic hydroxyl groups is 4. The molecule has 0 aliphatic carbocycles. The molecule has 2 amide bonds. The van der Waals surface area contributed by atoms with Crippen LogP contribution in [-0.2, 0) is 16.1 Å². The number of hydrogen-bond donors (Lipinski definition) is 7. The molecule has 61 heavy (non-hydrogen) atoms. The van der Waals surface area contributed by atoms with Crippen molar-refractivity contribution in [2.24, 2.45) is 0 Å². The van der Waals surface area contributed by atoms with Gasteiger partial charge in [0.1, 0.15) is 6.54 Å². The summed E-state index contributed by atoms with van der Waals surface area (Å²) in [7, 11) is 3.37. The second kappa shape index (κ2) is 32.0. The van der Waals surface area contributed by atoms with Crippen LogP contribution in [0.25, 0.3) is 18.2 Å². The highest BCUT2D eigenvalue weighted by Gasteiger charge is 2.08. The molecule has 7 N–H and O–H groups in total. The number of allylic oxidation sites excluding steroid dienone is 5. The average Bonchev–Trinajstić information content (AvgIpc) is 3.27. The third-order valence-corrected chi connectivity index (χ3v) is 11.6. The predicted molar refractivity (Wildman–Crippen MR) is 255 cm³/mol. The molecule has 0 bridgehead atoms. The first-order valence-corrected chi connectivity index (χ1v) is 23.4. The van der Waals surface area contributed by atoms with Crippen molar-refractivity contribution in [1.29, 1.82) is 0 Å². The SMILES string of the molecule is C=C/C=C(\C=C/NCCCC(=O)NCCSSCCNC(=O)CCC[n+]1ccc(/C=C/c2ccc(N(CCO)CCO)cc2)cc1)/C=C/c1ccc(N(CCO)CCO)cc1. The number of benzene rings is 2. The number of rotatable bonds is 32. The zero-order chi connectivity index (χ0) is 43.8. The number of amides is 2. The molecule has 0 radical (unpaired) electrons. The van der Waals surface area contributed by atoms with Gasteiger partial charge in [-0.25, -0.2) is 4.57 Å². The fourth-order valence-electron chi connectivity index (χ4n) is 6.00. The minimum atomic E-state index is 0.0253. The zero-order valence-electron chi connectivity index (χ0n) is 35.2. The van der Waals surface area contributed by atoms with Gasteiger partial charge in [-0.05, 0) is 65.2 Å². The van der Waals surface area contributed by atoms with Crippen LogP contribution in [0.1, 0.15) is 42.4 Å². The molecule has 330 valence electrons. The van der Waals surface area contributed by atoms with E-state index in [2.05, 4.69) is 33.2 Å². The highest BCUT2D eigenvalue weighted by Crippen LogP contribution is 2.20. The summed E-state index contributed by atoms with van der Waals surface area (Å²) in [5.41, 5.74) is 6.04. The maximum Gasteiger partial charge on any atom is 0.220 e. The number of aromatic nitrogens is 1. The van der Waals surface area contributed by atoms with E-state index in [0.29, 0.717) is 65.1 Å². The third kappa shape index (κ3) is 22.0. The first-order valence-electron chi connectivity index (χ1n) is 20.9. The Hall–Kier alpha value is -4.83. The molecule has 0 aliphatic heterocycles. The third-order valence-electron chi connectivity index (χ3n) is 9.20. The predicted octanol–water partition coefficient (Wildman–Crippen LogP) is 4.83. The quantitative estimate of drug-likeness (QED) is 0.0199. The molecule has 0 unspecified atom stereocenters. The Morgan fingerprint density at radius 2 is 1.10 bits per heavy atom. The fraction of sp³-hybridized carbons (Fsp3) is 0.383. The average molecular weight is 874 g/mol. The molecule has 12 nitrogen and oxygen atoms in total. The van der Waals surface area contributed by atoms with Crippen molar-refractivity contribution < 1.29 is 34.6 Å². The molecule has 3 aromatic rings. The molecule has 0 fully saturated rings. The van der Waals surface area contributed by atoms with E-state index >= 15 is 0 Å². The normalized spacial score (nSPS) is 11.7. The number of nitrogens with zero attached hydrogens (tertiary/aromatic N) is 3. The molecular formula is C47H65N6O6S2+. The van der Waals surface area contributed by atoms with Gasteiger partial charge in [-0.2, -0.15) is 0 Å². The summed E-state index contributed by atoms with van der Waals surface area (Å²) in [6.07, 6.45) is 22.0. The Labute approximate surface area is 370 Å². The van der Waals surface area contributed by atoms with Crippen molar-refractivity contribution in [1.82, 2.24) is 16.0 Å². The molecule has 0 aliphatic rings. The highest BCUT2D eigenvalue weighted by atomic mass is 33.1. The van der Waals surface area contributed by atoms with Crippen molar-refractivity contribution in [3.05, 3.63) is 132 Å². The summed E-state index contributed by atoms with van der Waals surface area (Å²) < 4.78 is 2.08. The van der Waals surface area contributed by atoms with Crippen LogP contribution in [0, 0.1) is 0 Å². The van der Waals surface area contributed by atoms with Gasteiger partial charge in [0.15, 0.2) is 12.4 Å². The molecule has 3 rings (SSSR count). The first kappa shape index (κ1) is 50.5. The molecule has 0 atom stereocenters. The summed E-state index contributed by atoms with van der Waals surface area (Å²) >= 11 is 0. The number of carbonyl (C=O) groups excluding carboxylic acids is 2. The van der Waals surface area contributed by atoms with Crippen LogP contribution in [0.2, 0.25) is 0 Å². The van der Waals surface area contributed by atoms with E-state index in [1.807, 2.05) is 119 Å². The monoisotopic (exact) mass is 873 g/mol. The Balaban J connectivity index is 1.18. The Bertz CT molecular complexity index is 1790. The molecule has 0 saturated carbocycles. The van der Waals surface area contributed by atoms with Gasteiger partial charge in [-0.1, -0.05) is 88.9 Å². The van der Waals surface area contributed by atoms with E-state index in [4.69, 9.17) is 0 Å². The molecule has 0 saturated heterocycles. The van der Waals surface area contributed by atoms with Crippen molar-refractivity contribution in [3.63, 3.8) is 0 Å². The van der Waals surface area contributed by atoms with Gasteiger partial charge in [-0.3, -0.25) is 9.59 Å². The Morgan fingerprint density at radius 3 is 1.59 bits per heavy atom. The van der Waals surface area contributed by atoms with Crippen molar-refractivity contribution in [2.75, 3.05) is 93.5 Å². The smallest absolute Gasteiger partial charge is 0.220 e. The molecule has 14 heteroatoms. The summed E-state index contributed by atoms with van der Waals surface area (Å²) in [5.74, 6) is 1.68. The maximum absolute atomic E-state index is 12.3. The largest absolute Gasteiger partial charge is 0.395 e. The van der Waals surface area contributed by atoms with Crippen molar-refractivity contribution in [2.45, 2.75) is 32.2 Å². The van der Waals surface area contributed by atoms with E-state index in [1.165, 1.54) is 0 Å².